The Labute approximate surface area is 189 Å². The van der Waals surface area contributed by atoms with Gasteiger partial charge in [-0.2, -0.15) is 0 Å². The molecule has 2 rings (SSSR count). The summed E-state index contributed by atoms with van der Waals surface area (Å²) in [6, 6.07) is 5.17. The van der Waals surface area contributed by atoms with Crippen LogP contribution in [0, 0.1) is 0 Å². The van der Waals surface area contributed by atoms with E-state index in [1.54, 1.807) is 11.0 Å². The predicted octanol–water partition coefficient (Wildman–Crippen LogP) is 3.64. The molecule has 1 atom stereocenters. The van der Waals surface area contributed by atoms with Gasteiger partial charge in [0.15, 0.2) is 0 Å². The Kier molecular flexibility index (Phi) is 9.10. The second-order valence-electron chi connectivity index (χ2n) is 7.26. The van der Waals surface area contributed by atoms with Crippen LogP contribution in [0.15, 0.2) is 59.3 Å². The van der Waals surface area contributed by atoms with Crippen molar-refractivity contribution in [3.8, 4) is 5.75 Å². The molecule has 0 saturated heterocycles. The summed E-state index contributed by atoms with van der Waals surface area (Å²) in [5.74, 6) is -1.90. The van der Waals surface area contributed by atoms with Gasteiger partial charge in [0.25, 0.3) is 0 Å². The third-order valence-corrected chi connectivity index (χ3v) is 4.82. The second kappa shape index (κ2) is 11.6. The fraction of sp³-hybridized carbons (Fsp3) is 0.391. The van der Waals surface area contributed by atoms with Crippen molar-refractivity contribution in [1.82, 2.24) is 4.90 Å². The van der Waals surface area contributed by atoms with E-state index in [9.17, 15) is 27.9 Å². The predicted molar refractivity (Wildman–Crippen MR) is 113 cm³/mol. The molecule has 0 aliphatic carbocycles. The highest BCUT2D eigenvalue weighted by Crippen LogP contribution is 2.27. The second-order valence-corrected chi connectivity index (χ2v) is 7.26. The summed E-state index contributed by atoms with van der Waals surface area (Å²) in [5, 5.41) is 9.21. The first-order valence-electron chi connectivity index (χ1n) is 10.1. The molecule has 0 saturated carbocycles. The fourth-order valence-corrected chi connectivity index (χ4v) is 3.30. The summed E-state index contributed by atoms with van der Waals surface area (Å²) < 4.78 is 51.5. The van der Waals surface area contributed by atoms with Gasteiger partial charge in [0, 0.05) is 25.4 Å². The van der Waals surface area contributed by atoms with E-state index in [2.05, 4.69) is 4.74 Å². The number of esters is 2. The third-order valence-electron chi connectivity index (χ3n) is 4.82. The highest BCUT2D eigenvalue weighted by molar-refractivity contribution is 6.07. The van der Waals surface area contributed by atoms with Crippen LogP contribution in [0.25, 0.3) is 0 Å². The van der Waals surface area contributed by atoms with E-state index in [1.807, 2.05) is 13.0 Å². The van der Waals surface area contributed by atoms with E-state index in [0.717, 1.165) is 0 Å². The van der Waals surface area contributed by atoms with Crippen LogP contribution in [0.1, 0.15) is 25.3 Å². The van der Waals surface area contributed by atoms with Gasteiger partial charge in [0.2, 0.25) is 0 Å². The van der Waals surface area contributed by atoms with Gasteiger partial charge in [0.1, 0.15) is 5.75 Å². The third kappa shape index (κ3) is 7.67. The topological polar surface area (TPSA) is 85.3 Å². The van der Waals surface area contributed by atoms with E-state index in [4.69, 9.17) is 9.47 Å². The summed E-state index contributed by atoms with van der Waals surface area (Å²) in [7, 11) is 2.35. The first kappa shape index (κ1) is 26.0. The van der Waals surface area contributed by atoms with Crippen LogP contribution in [0.5, 0.6) is 5.75 Å². The zero-order chi connectivity index (χ0) is 24.6. The number of methoxy groups -OCH3 is 2. The Morgan fingerprint density at radius 2 is 1.79 bits per heavy atom. The number of ether oxygens (including phenoxy) is 3. The van der Waals surface area contributed by atoms with Crippen molar-refractivity contribution in [2.75, 3.05) is 20.8 Å². The van der Waals surface area contributed by atoms with Crippen molar-refractivity contribution in [3.05, 3.63) is 64.9 Å². The monoisotopic (exact) mass is 469 g/mol. The lowest BCUT2D eigenvalue weighted by molar-refractivity contribution is -0.274. The lowest BCUT2D eigenvalue weighted by Gasteiger charge is -2.29. The van der Waals surface area contributed by atoms with Crippen LogP contribution >= 0.6 is 0 Å². The number of hydrogen-bond donors (Lipinski definition) is 1. The molecule has 33 heavy (non-hydrogen) atoms. The zero-order valence-electron chi connectivity index (χ0n) is 18.5. The molecule has 180 valence electrons. The Morgan fingerprint density at radius 1 is 1.12 bits per heavy atom. The molecular formula is C23H26F3NO6. The molecule has 1 aliphatic rings. The molecule has 1 heterocycles. The Morgan fingerprint density at radius 3 is 2.39 bits per heavy atom. The Hall–Kier alpha value is -3.27. The van der Waals surface area contributed by atoms with Crippen molar-refractivity contribution in [2.24, 2.45) is 0 Å². The van der Waals surface area contributed by atoms with E-state index in [1.165, 1.54) is 44.7 Å². The van der Waals surface area contributed by atoms with Crippen LogP contribution in [-0.4, -0.2) is 55.2 Å². The summed E-state index contributed by atoms with van der Waals surface area (Å²) in [6.07, 6.45) is 0.829. The zero-order valence-corrected chi connectivity index (χ0v) is 18.5. The number of halogens is 3. The number of nitrogens with zero attached hydrogens (tertiary/aromatic N) is 1. The summed E-state index contributed by atoms with van der Waals surface area (Å²) in [5.41, 5.74) is 1.08. The molecule has 0 spiro atoms. The van der Waals surface area contributed by atoms with Gasteiger partial charge >= 0.3 is 18.3 Å². The molecule has 0 radical (unpaired) electrons. The minimum atomic E-state index is -4.82. The number of carbonyl (C=O) groups excluding carboxylic acids is 2. The van der Waals surface area contributed by atoms with Gasteiger partial charge in [-0.3, -0.25) is 0 Å². The maximum Gasteiger partial charge on any atom is 0.573 e. The van der Waals surface area contributed by atoms with Crippen molar-refractivity contribution in [1.29, 1.82) is 0 Å². The minimum absolute atomic E-state index is 0.0282. The lowest BCUT2D eigenvalue weighted by Crippen LogP contribution is -2.30. The average Bonchev–Trinajstić information content (AvgIpc) is 2.75. The standard InChI is InChI=1S/C23H26F3NO6/c1-15-10-16(7-5-9-28)12-19(21(29)31-2)20(22(30)32-3)14-27(15)13-17-6-4-8-18(11-17)33-23(24,25)26/h4,6,8,10-12,14-15,28H,5,7,9,13H2,1-3H3. The number of aliphatic hydroxyl groups is 1. The van der Waals surface area contributed by atoms with Gasteiger partial charge in [-0.05, 0) is 49.1 Å². The van der Waals surface area contributed by atoms with Gasteiger partial charge in [-0.25, -0.2) is 9.59 Å². The number of aliphatic hydroxyl groups excluding tert-OH is 1. The molecule has 1 aromatic carbocycles. The van der Waals surface area contributed by atoms with Crippen molar-refractivity contribution < 1.29 is 42.1 Å². The Balaban J connectivity index is 2.52. The average molecular weight is 469 g/mol. The normalized spacial score (nSPS) is 16.6. The Bertz CT molecular complexity index is 952. The maximum atomic E-state index is 12.6. The largest absolute Gasteiger partial charge is 0.573 e. The fourth-order valence-electron chi connectivity index (χ4n) is 3.30. The van der Waals surface area contributed by atoms with E-state index in [0.29, 0.717) is 24.0 Å². The molecule has 10 heteroatoms. The summed E-state index contributed by atoms with van der Waals surface area (Å²) >= 11 is 0. The molecule has 0 aromatic heterocycles. The van der Waals surface area contributed by atoms with Gasteiger partial charge < -0.3 is 24.2 Å². The van der Waals surface area contributed by atoms with E-state index < -0.39 is 18.3 Å². The molecule has 0 bridgehead atoms. The minimum Gasteiger partial charge on any atom is -0.465 e. The number of alkyl halides is 3. The van der Waals surface area contributed by atoms with Crippen molar-refractivity contribution in [2.45, 2.75) is 38.7 Å². The van der Waals surface area contributed by atoms with Crippen LogP contribution in [0.3, 0.4) is 0 Å². The maximum absolute atomic E-state index is 12.6. The SMILES string of the molecule is COC(=O)C1=CC(CCCO)=CC(C)N(Cc2cccc(OC(F)(F)F)c2)C=C1C(=O)OC. The summed E-state index contributed by atoms with van der Waals surface area (Å²) in [4.78, 5) is 26.7. The van der Waals surface area contributed by atoms with Crippen LogP contribution < -0.4 is 4.74 Å². The first-order valence-corrected chi connectivity index (χ1v) is 10.1. The molecule has 7 nitrogen and oxygen atoms in total. The highest BCUT2D eigenvalue weighted by Gasteiger charge is 2.31. The highest BCUT2D eigenvalue weighted by atomic mass is 19.4. The quantitative estimate of drug-likeness (QED) is 0.582. The van der Waals surface area contributed by atoms with Crippen LogP contribution in [-0.2, 0) is 25.6 Å². The number of rotatable bonds is 8. The van der Waals surface area contributed by atoms with Gasteiger partial charge in [0.05, 0.1) is 25.4 Å². The molecular weight excluding hydrogens is 443 g/mol. The van der Waals surface area contributed by atoms with E-state index in [-0.39, 0.29) is 36.1 Å². The molecule has 1 N–H and O–H groups in total. The lowest BCUT2D eigenvalue weighted by atomic mass is 9.97. The van der Waals surface area contributed by atoms with E-state index >= 15 is 0 Å². The number of carbonyl (C=O) groups is 2. The van der Waals surface area contributed by atoms with Gasteiger partial charge in [-0.1, -0.05) is 18.2 Å². The molecule has 1 unspecified atom stereocenters. The number of hydrogen-bond acceptors (Lipinski definition) is 7. The molecule has 1 aromatic rings. The molecule has 1 aliphatic heterocycles. The van der Waals surface area contributed by atoms with Crippen LogP contribution in [0.2, 0.25) is 0 Å². The number of allylic oxidation sites excluding steroid dienone is 2. The molecule has 0 fully saturated rings. The van der Waals surface area contributed by atoms with Crippen molar-refractivity contribution in [3.63, 3.8) is 0 Å². The molecule has 0 amide bonds. The van der Waals surface area contributed by atoms with Crippen molar-refractivity contribution >= 4 is 11.9 Å². The van der Waals surface area contributed by atoms with Gasteiger partial charge in [-0.15, -0.1) is 13.2 Å². The number of benzene rings is 1. The summed E-state index contributed by atoms with van der Waals surface area (Å²) in [6.45, 7) is 1.87. The first-order chi connectivity index (χ1) is 15.6. The van der Waals surface area contributed by atoms with Crippen LogP contribution in [0.4, 0.5) is 13.2 Å². The smallest absolute Gasteiger partial charge is 0.465 e.